The second-order valence-electron chi connectivity index (χ2n) is 3.35. The number of rotatable bonds is 1. The van der Waals surface area contributed by atoms with E-state index in [0.29, 0.717) is 10.8 Å². The predicted molar refractivity (Wildman–Crippen MR) is 57.3 cm³/mol. The van der Waals surface area contributed by atoms with E-state index in [1.807, 2.05) is 6.92 Å². The smallest absolute Gasteiger partial charge is 0.335 e. The second kappa shape index (κ2) is 3.59. The third-order valence-electron chi connectivity index (χ3n) is 2.39. The van der Waals surface area contributed by atoms with E-state index in [1.165, 1.54) is 0 Å². The number of carbonyl (C=O) groups is 1. The average molecular weight is 225 g/mol. The Bertz CT molecular complexity index is 463. The van der Waals surface area contributed by atoms with Crippen molar-refractivity contribution in [3.8, 4) is 5.75 Å². The van der Waals surface area contributed by atoms with Gasteiger partial charge in [-0.3, -0.25) is 0 Å². The van der Waals surface area contributed by atoms with Crippen molar-refractivity contribution >= 4 is 23.6 Å². The van der Waals surface area contributed by atoms with Gasteiger partial charge in [-0.1, -0.05) is 11.6 Å². The van der Waals surface area contributed by atoms with Crippen molar-refractivity contribution in [1.82, 2.24) is 0 Å². The van der Waals surface area contributed by atoms with Gasteiger partial charge in [0, 0.05) is 10.6 Å². The molecule has 1 aromatic carbocycles. The van der Waals surface area contributed by atoms with Crippen LogP contribution in [0, 0.1) is 6.92 Å². The first-order chi connectivity index (χ1) is 7.09. The first-order valence-electron chi connectivity index (χ1n) is 4.45. The first kappa shape index (κ1) is 10.1. The molecule has 0 radical (unpaired) electrons. The van der Waals surface area contributed by atoms with Gasteiger partial charge in [-0.2, -0.15) is 0 Å². The van der Waals surface area contributed by atoms with Crippen molar-refractivity contribution in [2.45, 2.75) is 6.92 Å². The molecule has 0 amide bonds. The molecule has 1 aliphatic rings. The van der Waals surface area contributed by atoms with Crippen LogP contribution in [0.2, 0.25) is 5.02 Å². The molecule has 1 aliphatic heterocycles. The summed E-state index contributed by atoms with van der Waals surface area (Å²) in [6.07, 6.45) is 1.61. The average Bonchev–Trinajstić information content (AvgIpc) is 2.23. The summed E-state index contributed by atoms with van der Waals surface area (Å²) in [4.78, 5) is 10.8. The van der Waals surface area contributed by atoms with Gasteiger partial charge in [0.15, 0.2) is 0 Å². The number of carboxylic acid groups (broad SMARTS) is 1. The number of ether oxygens (including phenoxy) is 1. The number of carboxylic acids is 1. The summed E-state index contributed by atoms with van der Waals surface area (Å²) in [5, 5.41) is 9.45. The van der Waals surface area contributed by atoms with Crippen LogP contribution < -0.4 is 4.74 Å². The highest BCUT2D eigenvalue weighted by Gasteiger charge is 2.18. The molecule has 4 heteroatoms. The molecule has 0 aromatic heterocycles. The van der Waals surface area contributed by atoms with Gasteiger partial charge in [0.25, 0.3) is 0 Å². The molecule has 0 unspecified atom stereocenters. The van der Waals surface area contributed by atoms with Gasteiger partial charge < -0.3 is 9.84 Å². The zero-order chi connectivity index (χ0) is 11.0. The third-order valence-corrected chi connectivity index (χ3v) is 2.79. The van der Waals surface area contributed by atoms with Gasteiger partial charge >= 0.3 is 5.97 Å². The van der Waals surface area contributed by atoms with Crippen molar-refractivity contribution in [2.75, 3.05) is 6.61 Å². The summed E-state index contributed by atoms with van der Waals surface area (Å²) < 4.78 is 5.33. The normalized spacial score (nSPS) is 13.9. The zero-order valence-corrected chi connectivity index (χ0v) is 8.84. The standard InChI is InChI=1S/C11H9ClO3/c1-6-8-4-7(11(13)14)5-15-10(8)3-2-9(6)12/h2-4H,5H2,1H3,(H,13,14). The minimum Gasteiger partial charge on any atom is -0.488 e. The van der Waals surface area contributed by atoms with E-state index in [4.69, 9.17) is 21.4 Å². The lowest BCUT2D eigenvalue weighted by Crippen LogP contribution is -2.14. The molecule has 0 saturated heterocycles. The molecule has 3 nitrogen and oxygen atoms in total. The summed E-state index contributed by atoms with van der Waals surface area (Å²) in [5.41, 5.74) is 1.84. The van der Waals surface area contributed by atoms with Crippen molar-refractivity contribution in [3.05, 3.63) is 33.9 Å². The molecule has 1 heterocycles. The van der Waals surface area contributed by atoms with Crippen LogP contribution in [-0.4, -0.2) is 17.7 Å². The number of hydrogen-bond acceptors (Lipinski definition) is 2. The van der Waals surface area contributed by atoms with Crippen molar-refractivity contribution in [1.29, 1.82) is 0 Å². The van der Waals surface area contributed by atoms with Gasteiger partial charge in [-0.15, -0.1) is 0 Å². The van der Waals surface area contributed by atoms with E-state index >= 15 is 0 Å². The van der Waals surface area contributed by atoms with E-state index in [0.717, 1.165) is 11.1 Å². The van der Waals surface area contributed by atoms with E-state index < -0.39 is 5.97 Å². The van der Waals surface area contributed by atoms with Crippen LogP contribution in [0.25, 0.3) is 6.08 Å². The Kier molecular flexibility index (Phi) is 2.40. The summed E-state index contributed by atoms with van der Waals surface area (Å²) in [6.45, 7) is 1.94. The number of aliphatic carboxylic acids is 1. The van der Waals surface area contributed by atoms with Crippen LogP contribution in [0.3, 0.4) is 0 Å². The van der Waals surface area contributed by atoms with Gasteiger partial charge in [0.2, 0.25) is 0 Å². The van der Waals surface area contributed by atoms with Crippen molar-refractivity contribution < 1.29 is 14.6 Å². The number of fused-ring (bicyclic) bond motifs is 1. The quantitative estimate of drug-likeness (QED) is 0.797. The van der Waals surface area contributed by atoms with E-state index in [9.17, 15) is 4.79 Å². The van der Waals surface area contributed by atoms with Gasteiger partial charge in [0.05, 0.1) is 5.57 Å². The maximum absolute atomic E-state index is 10.8. The highest BCUT2D eigenvalue weighted by atomic mass is 35.5. The predicted octanol–water partition coefficient (Wildman–Crippen LogP) is 2.51. The maximum Gasteiger partial charge on any atom is 0.335 e. The SMILES string of the molecule is Cc1c(Cl)ccc2c1C=C(C(=O)O)CO2. The third kappa shape index (κ3) is 1.70. The molecule has 0 atom stereocenters. The Morgan fingerprint density at radius 2 is 2.27 bits per heavy atom. The number of hydrogen-bond donors (Lipinski definition) is 1. The van der Waals surface area contributed by atoms with E-state index in [2.05, 4.69) is 0 Å². The fraction of sp³-hybridized carbons (Fsp3) is 0.182. The lowest BCUT2D eigenvalue weighted by molar-refractivity contribution is -0.132. The molecule has 2 rings (SSSR count). The fourth-order valence-electron chi connectivity index (χ4n) is 1.48. The summed E-state index contributed by atoms with van der Waals surface area (Å²) >= 11 is 5.94. The van der Waals surface area contributed by atoms with Crippen LogP contribution in [0.15, 0.2) is 17.7 Å². The molecule has 0 aliphatic carbocycles. The minimum absolute atomic E-state index is 0.101. The minimum atomic E-state index is -0.958. The number of benzene rings is 1. The summed E-state index contributed by atoms with van der Waals surface area (Å²) in [7, 11) is 0. The molecule has 0 bridgehead atoms. The lowest BCUT2D eigenvalue weighted by atomic mass is 10.0. The highest BCUT2D eigenvalue weighted by Crippen LogP contribution is 2.32. The molecule has 78 valence electrons. The topological polar surface area (TPSA) is 46.5 Å². The Morgan fingerprint density at radius 3 is 2.93 bits per heavy atom. The van der Waals surface area contributed by atoms with Crippen LogP contribution in [-0.2, 0) is 4.79 Å². The summed E-state index contributed by atoms with van der Waals surface area (Å²) in [6, 6.07) is 3.50. The summed E-state index contributed by atoms with van der Waals surface area (Å²) in [5.74, 6) is -0.276. The van der Waals surface area contributed by atoms with Crippen LogP contribution in [0.5, 0.6) is 5.75 Å². The lowest BCUT2D eigenvalue weighted by Gasteiger charge is -2.17. The second-order valence-corrected chi connectivity index (χ2v) is 3.75. The Labute approximate surface area is 91.9 Å². The van der Waals surface area contributed by atoms with Crippen LogP contribution >= 0.6 is 11.6 Å². The Hall–Kier alpha value is -1.48. The van der Waals surface area contributed by atoms with Crippen molar-refractivity contribution in [3.63, 3.8) is 0 Å². The van der Waals surface area contributed by atoms with E-state index in [1.54, 1.807) is 18.2 Å². The van der Waals surface area contributed by atoms with Gasteiger partial charge in [0.1, 0.15) is 12.4 Å². The van der Waals surface area contributed by atoms with Gasteiger partial charge in [-0.05, 0) is 30.7 Å². The molecule has 1 aromatic rings. The molecule has 0 fully saturated rings. The molecule has 0 saturated carbocycles. The van der Waals surface area contributed by atoms with E-state index in [-0.39, 0.29) is 12.2 Å². The van der Waals surface area contributed by atoms with Gasteiger partial charge in [-0.25, -0.2) is 4.79 Å². The molecular formula is C11H9ClO3. The molecular weight excluding hydrogens is 216 g/mol. The molecule has 0 spiro atoms. The van der Waals surface area contributed by atoms with Crippen LogP contribution in [0.1, 0.15) is 11.1 Å². The monoisotopic (exact) mass is 224 g/mol. The Morgan fingerprint density at radius 1 is 1.53 bits per heavy atom. The molecule has 1 N–H and O–H groups in total. The highest BCUT2D eigenvalue weighted by molar-refractivity contribution is 6.31. The first-order valence-corrected chi connectivity index (χ1v) is 4.83. The number of halogens is 1. The largest absolute Gasteiger partial charge is 0.488 e. The fourth-order valence-corrected chi connectivity index (χ4v) is 1.64. The zero-order valence-electron chi connectivity index (χ0n) is 8.08. The molecule has 15 heavy (non-hydrogen) atoms. The maximum atomic E-state index is 10.8. The van der Waals surface area contributed by atoms with Crippen molar-refractivity contribution in [2.24, 2.45) is 0 Å². The Balaban J connectivity index is 2.57. The van der Waals surface area contributed by atoms with Crippen LogP contribution in [0.4, 0.5) is 0 Å².